The fourth-order valence-electron chi connectivity index (χ4n) is 6.10. The first-order valence-corrected chi connectivity index (χ1v) is 14.6. The summed E-state index contributed by atoms with van der Waals surface area (Å²) in [6.07, 6.45) is 20.1. The third-order valence-corrected chi connectivity index (χ3v) is 9.09. The van der Waals surface area contributed by atoms with Crippen molar-refractivity contribution >= 4 is 17.4 Å². The van der Waals surface area contributed by atoms with Crippen LogP contribution in [0.15, 0.2) is 51.9 Å². The van der Waals surface area contributed by atoms with E-state index in [1.54, 1.807) is 11.3 Å². The van der Waals surface area contributed by atoms with Gasteiger partial charge in [0.15, 0.2) is 0 Å². The molecule has 3 unspecified atom stereocenters. The van der Waals surface area contributed by atoms with E-state index in [9.17, 15) is 0 Å². The van der Waals surface area contributed by atoms with Crippen LogP contribution >= 0.6 is 11.3 Å². The van der Waals surface area contributed by atoms with Gasteiger partial charge in [-0.2, -0.15) is 30.0 Å². The molecule has 0 amide bonds. The summed E-state index contributed by atoms with van der Waals surface area (Å²) in [6, 6.07) is 1.64. The van der Waals surface area contributed by atoms with Crippen LogP contribution in [-0.4, -0.2) is 18.8 Å². The number of piperidine rings is 1. The topological polar surface area (TPSA) is 49.5 Å². The molecule has 4 nitrogen and oxygen atoms in total. The quantitative estimate of drug-likeness (QED) is 0.317. The second-order valence-electron chi connectivity index (χ2n) is 10.9. The van der Waals surface area contributed by atoms with Gasteiger partial charge in [0, 0.05) is 41.9 Å². The van der Waals surface area contributed by atoms with E-state index in [0.29, 0.717) is 18.9 Å². The summed E-state index contributed by atoms with van der Waals surface area (Å²) >= 11 is 1.74. The fourth-order valence-corrected chi connectivity index (χ4v) is 6.88. The zero-order chi connectivity index (χ0) is 27.0. The van der Waals surface area contributed by atoms with Crippen LogP contribution in [0.25, 0.3) is 16.7 Å². The zero-order valence-corrected chi connectivity index (χ0v) is 24.8. The van der Waals surface area contributed by atoms with Crippen LogP contribution in [0, 0.1) is 30.6 Å². The van der Waals surface area contributed by atoms with Gasteiger partial charge in [-0.15, -0.1) is 36.6 Å². The van der Waals surface area contributed by atoms with Gasteiger partial charge >= 0.3 is 0 Å². The monoisotopic (exact) mass is 697 g/mol. The smallest absolute Gasteiger partial charge is 0.141 e. The van der Waals surface area contributed by atoms with Crippen LogP contribution < -0.4 is 5.32 Å². The van der Waals surface area contributed by atoms with Gasteiger partial charge in [0.1, 0.15) is 6.23 Å². The number of rotatable bonds is 2. The summed E-state index contributed by atoms with van der Waals surface area (Å²) in [5, 5.41) is 14.8. The molecule has 1 N–H and O–H groups in total. The van der Waals surface area contributed by atoms with E-state index in [4.69, 9.17) is 14.2 Å². The molecule has 7 rings (SSSR count). The van der Waals surface area contributed by atoms with E-state index < -0.39 is 12.9 Å². The third-order valence-electron chi connectivity index (χ3n) is 8.16. The minimum atomic E-state index is -1.99. The molecule has 6 heteroatoms. The van der Waals surface area contributed by atoms with Crippen LogP contribution in [0.1, 0.15) is 79.7 Å². The fraction of sp³-hybridized carbons (Fsp3) is 0.548. The predicted molar refractivity (Wildman–Crippen MR) is 150 cm³/mol. The first-order chi connectivity index (χ1) is 18.9. The van der Waals surface area contributed by atoms with Gasteiger partial charge in [-0.3, -0.25) is 5.32 Å². The zero-order valence-electron chi connectivity index (χ0n) is 24.5. The molecule has 37 heavy (non-hydrogen) atoms. The number of allylic oxidation sites excluding steroid dienone is 5. The third kappa shape index (κ3) is 5.93. The van der Waals surface area contributed by atoms with E-state index in [0.717, 1.165) is 42.3 Å². The van der Waals surface area contributed by atoms with Crippen molar-refractivity contribution < 1.29 is 29.0 Å². The molecule has 203 valence electrons. The van der Waals surface area contributed by atoms with Crippen molar-refractivity contribution in [2.24, 2.45) is 17.8 Å². The maximum atomic E-state index is 7.69. The molecular formula is C31H39IrN3OS-4. The van der Waals surface area contributed by atoms with Crippen molar-refractivity contribution in [1.82, 2.24) is 5.32 Å². The molecule has 0 spiro atoms. The van der Waals surface area contributed by atoms with Crippen LogP contribution in [0.3, 0.4) is 0 Å². The van der Waals surface area contributed by atoms with E-state index in [2.05, 4.69) is 60.1 Å². The summed E-state index contributed by atoms with van der Waals surface area (Å²) in [7, 11) is 0. The second-order valence-corrected chi connectivity index (χ2v) is 11.9. The van der Waals surface area contributed by atoms with Crippen molar-refractivity contribution in [2.45, 2.75) is 84.0 Å². The van der Waals surface area contributed by atoms with E-state index in [-0.39, 0.29) is 32.3 Å². The second kappa shape index (κ2) is 12.2. The van der Waals surface area contributed by atoms with Gasteiger partial charge in [-0.1, -0.05) is 50.2 Å². The van der Waals surface area contributed by atoms with Crippen LogP contribution in [-0.2, 0) is 31.4 Å². The summed E-state index contributed by atoms with van der Waals surface area (Å²) in [6.45, 7) is 2.06. The molecule has 2 aliphatic carbocycles. The maximum absolute atomic E-state index is 7.69. The molecule has 1 aromatic heterocycles. The average molecular weight is 697 g/mol. The summed E-state index contributed by atoms with van der Waals surface area (Å²) in [4.78, 5) is 1.30. The minimum absolute atomic E-state index is 0. The Bertz CT molecular complexity index is 1180. The average Bonchev–Trinajstić information content (AvgIpc) is 3.57. The van der Waals surface area contributed by atoms with Gasteiger partial charge < -0.3 is 21.8 Å². The molecule has 6 aliphatic rings. The SMILES string of the molecule is C[C@H]1CC=C(C2[CH-]CCCC2)[N-]C1.[2H]C([2H])([2H])[C@@H]1CCC2C3=CC[CH-]C(C4=Cc5ccsc5C[N-]4)=C3OC2N1.[Ir]. The largest absolute Gasteiger partial charge is 0.738 e. The molecule has 1 saturated carbocycles. The van der Waals surface area contributed by atoms with Gasteiger partial charge in [0.25, 0.3) is 0 Å². The van der Waals surface area contributed by atoms with E-state index in [1.165, 1.54) is 53.8 Å². The normalized spacial score (nSPS) is 33.6. The Morgan fingerprint density at radius 3 is 2.95 bits per heavy atom. The van der Waals surface area contributed by atoms with Gasteiger partial charge in [-0.25, -0.2) is 5.70 Å². The number of thiophene rings is 1. The van der Waals surface area contributed by atoms with Crippen molar-refractivity contribution in [3.63, 3.8) is 0 Å². The van der Waals surface area contributed by atoms with Crippen molar-refractivity contribution in [2.75, 3.05) is 6.54 Å². The Hall–Kier alpha value is -1.46. The molecule has 1 aromatic rings. The summed E-state index contributed by atoms with van der Waals surface area (Å²) in [5.41, 5.74) is 5.88. The van der Waals surface area contributed by atoms with Crippen LogP contribution in [0.5, 0.6) is 0 Å². The standard InChI is InChI=1S/C19H20N2OS.C12H19N.Ir/c1-11-5-6-14-13-3-2-4-15(18(13)22-19(14)21-11)16-9-12-7-8-23-17(12)10-20-16;1-10-7-8-12(13-9-10)11-5-3-2-4-6-11;/h3-4,7-9,11,14,19,21H,2,5-6,10H2,1H3;5,8,10-11H,2-4,6-7,9H2,1H3;/q2*-2;/t11-,14?,19?;10-,11?;/m10./s1/i1D3;;. The minimum Gasteiger partial charge on any atom is -0.738 e. The van der Waals surface area contributed by atoms with E-state index >= 15 is 0 Å². The first kappa shape index (κ1) is 23.4. The van der Waals surface area contributed by atoms with Crippen molar-refractivity contribution in [3.05, 3.63) is 85.8 Å². The molecule has 4 aliphatic heterocycles. The number of hydrogen-bond acceptors (Lipinski definition) is 3. The molecule has 0 bridgehead atoms. The Morgan fingerprint density at radius 1 is 1.19 bits per heavy atom. The Kier molecular flexibility index (Phi) is 7.70. The molecule has 0 aromatic carbocycles. The maximum Gasteiger partial charge on any atom is 0.141 e. The first-order valence-electron chi connectivity index (χ1n) is 15.2. The Labute approximate surface area is 245 Å². The molecule has 2 saturated heterocycles. The predicted octanol–water partition coefficient (Wildman–Crippen LogP) is 8.18. The van der Waals surface area contributed by atoms with Crippen molar-refractivity contribution in [1.29, 1.82) is 0 Å². The summed E-state index contributed by atoms with van der Waals surface area (Å²) in [5.74, 6) is 2.58. The molecule has 3 fully saturated rings. The Balaban J connectivity index is 0.000000195. The Morgan fingerprint density at radius 2 is 2.14 bits per heavy atom. The molecule has 5 heterocycles. The van der Waals surface area contributed by atoms with E-state index in [1.807, 2.05) is 0 Å². The van der Waals surface area contributed by atoms with Gasteiger partial charge in [-0.05, 0) is 48.0 Å². The number of nitrogens with zero attached hydrogens (tertiary/aromatic N) is 2. The summed E-state index contributed by atoms with van der Waals surface area (Å²) < 4.78 is 29.3. The van der Waals surface area contributed by atoms with Gasteiger partial charge in [0.05, 0.1) is 0 Å². The molecule has 1 radical (unpaired) electrons. The molecule has 5 atom stereocenters. The number of fused-ring (bicyclic) bond motifs is 4. The van der Waals surface area contributed by atoms with Crippen LogP contribution in [0.4, 0.5) is 0 Å². The van der Waals surface area contributed by atoms with Gasteiger partial charge in [0.2, 0.25) is 0 Å². The van der Waals surface area contributed by atoms with Crippen molar-refractivity contribution in [3.8, 4) is 0 Å². The number of nitrogens with one attached hydrogen (secondary N) is 1. The molecular weight excluding hydrogens is 655 g/mol. The number of ether oxygens (including phenoxy) is 1. The van der Waals surface area contributed by atoms with Crippen LogP contribution in [0.2, 0.25) is 0 Å². The number of hydrogen-bond donors (Lipinski definition) is 1.